The number of nitrogens with zero attached hydrogens (tertiary/aromatic N) is 1. The SMILES string of the molecule is CCC(C(=O)Nc1cc(F)c(C)cc1F)/C(N)=N/O. The summed E-state index contributed by atoms with van der Waals surface area (Å²) < 4.78 is 26.9. The maximum atomic E-state index is 13.5. The third kappa shape index (κ3) is 3.40. The minimum atomic E-state index is -0.909. The first-order valence-corrected chi connectivity index (χ1v) is 5.64. The monoisotopic (exact) mass is 271 g/mol. The highest BCUT2D eigenvalue weighted by atomic mass is 19.1. The first kappa shape index (κ1) is 14.9. The summed E-state index contributed by atoms with van der Waals surface area (Å²) in [5.41, 5.74) is 5.20. The van der Waals surface area contributed by atoms with Gasteiger partial charge in [0.2, 0.25) is 5.91 Å². The number of anilines is 1. The van der Waals surface area contributed by atoms with Crippen molar-refractivity contribution in [3.63, 3.8) is 0 Å². The molecule has 104 valence electrons. The van der Waals surface area contributed by atoms with Gasteiger partial charge in [-0.15, -0.1) is 0 Å². The third-order valence-electron chi connectivity index (χ3n) is 2.70. The lowest BCUT2D eigenvalue weighted by Crippen LogP contribution is -2.34. The highest BCUT2D eigenvalue weighted by molar-refractivity contribution is 6.07. The molecule has 0 saturated carbocycles. The van der Waals surface area contributed by atoms with Gasteiger partial charge in [0.1, 0.15) is 11.6 Å². The van der Waals surface area contributed by atoms with Gasteiger partial charge in [-0.3, -0.25) is 4.79 Å². The molecule has 5 nitrogen and oxygen atoms in total. The van der Waals surface area contributed by atoms with Crippen molar-refractivity contribution in [2.45, 2.75) is 20.3 Å². The summed E-state index contributed by atoms with van der Waals surface area (Å²) in [5.74, 6) is -3.24. The molecule has 0 fully saturated rings. The van der Waals surface area contributed by atoms with E-state index in [0.29, 0.717) is 0 Å². The van der Waals surface area contributed by atoms with E-state index in [0.717, 1.165) is 12.1 Å². The predicted octanol–water partition coefficient (Wildman–Crippen LogP) is 1.98. The molecule has 0 spiro atoms. The molecule has 1 aromatic carbocycles. The predicted molar refractivity (Wildman–Crippen MR) is 66.9 cm³/mol. The van der Waals surface area contributed by atoms with Crippen molar-refractivity contribution in [2.75, 3.05) is 5.32 Å². The van der Waals surface area contributed by atoms with E-state index < -0.39 is 23.5 Å². The zero-order valence-corrected chi connectivity index (χ0v) is 10.6. The van der Waals surface area contributed by atoms with Gasteiger partial charge in [0.25, 0.3) is 0 Å². The second-order valence-electron chi connectivity index (χ2n) is 4.06. The minimum Gasteiger partial charge on any atom is -0.409 e. The molecule has 1 unspecified atom stereocenters. The number of halogens is 2. The highest BCUT2D eigenvalue weighted by Gasteiger charge is 2.22. The molecule has 1 amide bonds. The fraction of sp³-hybridized carbons (Fsp3) is 0.333. The number of amidine groups is 1. The molecule has 1 atom stereocenters. The molecule has 0 bridgehead atoms. The van der Waals surface area contributed by atoms with E-state index in [1.807, 2.05) is 0 Å². The maximum absolute atomic E-state index is 13.5. The van der Waals surface area contributed by atoms with Gasteiger partial charge in [-0.2, -0.15) is 0 Å². The van der Waals surface area contributed by atoms with E-state index in [-0.39, 0.29) is 23.5 Å². The summed E-state index contributed by atoms with van der Waals surface area (Å²) in [6.45, 7) is 3.06. The van der Waals surface area contributed by atoms with Crippen LogP contribution in [0.2, 0.25) is 0 Å². The Hall–Kier alpha value is -2.18. The Labute approximate surface area is 109 Å². The first-order chi connectivity index (χ1) is 8.90. The van der Waals surface area contributed by atoms with E-state index in [1.165, 1.54) is 6.92 Å². The minimum absolute atomic E-state index is 0.138. The van der Waals surface area contributed by atoms with Crippen LogP contribution in [0.5, 0.6) is 0 Å². The smallest absolute Gasteiger partial charge is 0.235 e. The van der Waals surface area contributed by atoms with Gasteiger partial charge in [-0.25, -0.2) is 8.78 Å². The Morgan fingerprint density at radius 1 is 1.47 bits per heavy atom. The van der Waals surface area contributed by atoms with Gasteiger partial charge in [0.05, 0.1) is 11.6 Å². The second kappa shape index (κ2) is 6.12. The van der Waals surface area contributed by atoms with E-state index >= 15 is 0 Å². The molecule has 0 aromatic heterocycles. The van der Waals surface area contributed by atoms with Crippen LogP contribution in [0, 0.1) is 24.5 Å². The molecule has 0 aliphatic heterocycles. The van der Waals surface area contributed by atoms with E-state index in [2.05, 4.69) is 10.5 Å². The fourth-order valence-electron chi connectivity index (χ4n) is 1.56. The largest absolute Gasteiger partial charge is 0.409 e. The summed E-state index contributed by atoms with van der Waals surface area (Å²) in [6, 6.07) is 1.87. The van der Waals surface area contributed by atoms with Crippen LogP contribution in [-0.4, -0.2) is 17.0 Å². The van der Waals surface area contributed by atoms with Crippen molar-refractivity contribution in [3.8, 4) is 0 Å². The molecule has 7 heteroatoms. The quantitative estimate of drug-likeness (QED) is 0.338. The number of carbonyl (C=O) groups is 1. The van der Waals surface area contributed by atoms with E-state index in [1.54, 1.807) is 6.92 Å². The number of carbonyl (C=O) groups excluding carboxylic acids is 1. The number of nitrogens with two attached hydrogens (primary N) is 1. The Kier molecular flexibility index (Phi) is 4.80. The average Bonchev–Trinajstić information content (AvgIpc) is 2.36. The molecule has 1 rings (SSSR count). The van der Waals surface area contributed by atoms with Gasteiger partial charge >= 0.3 is 0 Å². The van der Waals surface area contributed by atoms with E-state index in [4.69, 9.17) is 10.9 Å². The van der Waals surface area contributed by atoms with Gasteiger partial charge in [-0.05, 0) is 25.0 Å². The maximum Gasteiger partial charge on any atom is 0.235 e. The zero-order valence-electron chi connectivity index (χ0n) is 10.6. The van der Waals surface area contributed by atoms with Crippen LogP contribution in [0.4, 0.5) is 14.5 Å². The van der Waals surface area contributed by atoms with Crippen LogP contribution in [0.25, 0.3) is 0 Å². The topological polar surface area (TPSA) is 87.7 Å². The number of hydrogen-bond donors (Lipinski definition) is 3. The number of benzene rings is 1. The highest BCUT2D eigenvalue weighted by Crippen LogP contribution is 2.20. The molecule has 0 radical (unpaired) electrons. The molecular weight excluding hydrogens is 256 g/mol. The summed E-state index contributed by atoms with van der Waals surface area (Å²) in [4.78, 5) is 11.8. The Balaban J connectivity index is 2.96. The van der Waals surface area contributed by atoms with Gasteiger partial charge in [-0.1, -0.05) is 12.1 Å². The number of hydrogen-bond acceptors (Lipinski definition) is 3. The molecule has 0 aliphatic rings. The number of nitrogens with one attached hydrogen (secondary N) is 1. The standard InChI is InChI=1S/C12H15F2N3O2/c1-3-7(11(15)17-19)12(18)16-10-5-8(13)6(2)4-9(10)14/h4-5,7,19H,3H2,1-2H3,(H2,15,17)(H,16,18). The van der Waals surface area contributed by atoms with Gasteiger partial charge in [0.15, 0.2) is 5.84 Å². The summed E-state index contributed by atoms with van der Waals surface area (Å²) in [7, 11) is 0. The third-order valence-corrected chi connectivity index (χ3v) is 2.70. The summed E-state index contributed by atoms with van der Waals surface area (Å²) >= 11 is 0. The summed E-state index contributed by atoms with van der Waals surface area (Å²) in [5, 5.41) is 13.5. The van der Waals surface area contributed by atoms with Crippen molar-refractivity contribution < 1.29 is 18.8 Å². The van der Waals surface area contributed by atoms with Crippen LogP contribution in [0.1, 0.15) is 18.9 Å². The molecule has 0 heterocycles. The van der Waals surface area contributed by atoms with Crippen molar-refractivity contribution in [1.29, 1.82) is 0 Å². The lowest BCUT2D eigenvalue weighted by atomic mass is 10.0. The zero-order chi connectivity index (χ0) is 14.6. The first-order valence-electron chi connectivity index (χ1n) is 5.64. The molecule has 0 aliphatic carbocycles. The van der Waals surface area contributed by atoms with Crippen LogP contribution >= 0.6 is 0 Å². The van der Waals surface area contributed by atoms with Crippen molar-refractivity contribution in [3.05, 3.63) is 29.3 Å². The van der Waals surface area contributed by atoms with Gasteiger partial charge < -0.3 is 16.3 Å². The second-order valence-corrected chi connectivity index (χ2v) is 4.06. The number of rotatable bonds is 4. The average molecular weight is 271 g/mol. The van der Waals surface area contributed by atoms with Crippen molar-refractivity contribution in [1.82, 2.24) is 0 Å². The number of oxime groups is 1. The molecule has 0 saturated heterocycles. The number of amides is 1. The lowest BCUT2D eigenvalue weighted by Gasteiger charge is -2.14. The molecular formula is C12H15F2N3O2. The van der Waals surface area contributed by atoms with Crippen LogP contribution < -0.4 is 11.1 Å². The Morgan fingerprint density at radius 3 is 2.63 bits per heavy atom. The van der Waals surface area contributed by atoms with Crippen molar-refractivity contribution >= 4 is 17.4 Å². The van der Waals surface area contributed by atoms with Crippen molar-refractivity contribution in [2.24, 2.45) is 16.8 Å². The summed E-state index contributed by atoms with van der Waals surface area (Å²) in [6.07, 6.45) is 0.262. The molecule has 4 N–H and O–H groups in total. The van der Waals surface area contributed by atoms with Crippen LogP contribution in [-0.2, 0) is 4.79 Å². The fourth-order valence-corrected chi connectivity index (χ4v) is 1.56. The molecule has 1 aromatic rings. The number of aryl methyl sites for hydroxylation is 1. The van der Waals surface area contributed by atoms with Gasteiger partial charge in [0, 0.05) is 6.07 Å². The van der Waals surface area contributed by atoms with Crippen LogP contribution in [0.3, 0.4) is 0 Å². The Bertz CT molecular complexity index is 518. The van der Waals surface area contributed by atoms with Crippen LogP contribution in [0.15, 0.2) is 17.3 Å². The molecule has 19 heavy (non-hydrogen) atoms. The Morgan fingerprint density at radius 2 is 2.11 bits per heavy atom. The van der Waals surface area contributed by atoms with E-state index in [9.17, 15) is 13.6 Å². The normalized spacial score (nSPS) is 13.2. The lowest BCUT2D eigenvalue weighted by molar-refractivity contribution is -0.118.